The van der Waals surface area contributed by atoms with E-state index in [4.69, 9.17) is 0 Å². The summed E-state index contributed by atoms with van der Waals surface area (Å²) in [5.41, 5.74) is 1.65. The minimum absolute atomic E-state index is 0.00310. The van der Waals surface area contributed by atoms with Crippen molar-refractivity contribution in [2.75, 3.05) is 7.05 Å². The summed E-state index contributed by atoms with van der Waals surface area (Å²) in [6.07, 6.45) is 1.60. The first-order chi connectivity index (χ1) is 12.3. The largest absolute Gasteiger partial charge is 0.290 e. The van der Waals surface area contributed by atoms with Crippen LogP contribution in [0.5, 0.6) is 0 Å². The normalized spacial score (nSPS) is 17.3. The summed E-state index contributed by atoms with van der Waals surface area (Å²) in [4.78, 5) is 29.2. The Morgan fingerprint density at radius 2 is 1.92 bits per heavy atom. The second kappa shape index (κ2) is 7.09. The van der Waals surface area contributed by atoms with E-state index in [9.17, 15) is 19.3 Å². The van der Waals surface area contributed by atoms with Crippen molar-refractivity contribution in [2.45, 2.75) is 6.92 Å². The molecular formula is C18H14FN3O3S. The zero-order valence-electron chi connectivity index (χ0n) is 14.0. The monoisotopic (exact) mass is 371 g/mol. The molecule has 2 aromatic rings. The van der Waals surface area contributed by atoms with Crippen LogP contribution >= 0.6 is 11.8 Å². The third-order valence-corrected chi connectivity index (χ3v) is 4.84. The fourth-order valence-corrected chi connectivity index (χ4v) is 3.33. The van der Waals surface area contributed by atoms with Gasteiger partial charge >= 0.3 is 0 Å². The summed E-state index contributed by atoms with van der Waals surface area (Å²) in [5.74, 6) is -0.613. The molecule has 26 heavy (non-hydrogen) atoms. The van der Waals surface area contributed by atoms with E-state index in [0.717, 1.165) is 11.8 Å². The first-order valence-electron chi connectivity index (χ1n) is 7.62. The van der Waals surface area contributed by atoms with Crippen LogP contribution in [-0.4, -0.2) is 27.9 Å². The maximum absolute atomic E-state index is 13.0. The second-order valence-corrected chi connectivity index (χ2v) is 6.66. The first-order valence-corrected chi connectivity index (χ1v) is 8.43. The predicted octanol–water partition coefficient (Wildman–Crippen LogP) is 4.28. The molecule has 132 valence electrons. The third-order valence-electron chi connectivity index (χ3n) is 3.78. The quantitative estimate of drug-likeness (QED) is 0.458. The smallest absolute Gasteiger partial charge is 0.272 e. The van der Waals surface area contributed by atoms with Crippen molar-refractivity contribution in [3.8, 4) is 0 Å². The Hall–Kier alpha value is -3.00. The average Bonchev–Trinajstić information content (AvgIpc) is 2.86. The zero-order valence-corrected chi connectivity index (χ0v) is 14.8. The van der Waals surface area contributed by atoms with Crippen LogP contribution in [0.25, 0.3) is 6.08 Å². The van der Waals surface area contributed by atoms with Crippen LogP contribution in [-0.2, 0) is 4.79 Å². The fraction of sp³-hybridized carbons (Fsp3) is 0.111. The molecule has 0 unspecified atom stereocenters. The Labute approximate surface area is 153 Å². The number of nitrogens with zero attached hydrogens (tertiary/aromatic N) is 3. The molecule has 1 amide bonds. The molecular weight excluding hydrogens is 357 g/mol. The Balaban J connectivity index is 1.91. The zero-order chi connectivity index (χ0) is 18.8. The maximum Gasteiger partial charge on any atom is 0.272 e. The lowest BCUT2D eigenvalue weighted by Crippen LogP contribution is -2.23. The van der Waals surface area contributed by atoms with Gasteiger partial charge in [-0.3, -0.25) is 19.8 Å². The van der Waals surface area contributed by atoms with E-state index in [1.807, 2.05) is 0 Å². The van der Waals surface area contributed by atoms with Crippen molar-refractivity contribution in [3.05, 3.63) is 74.4 Å². The molecule has 8 heteroatoms. The number of rotatable bonds is 3. The number of hydrogen-bond donors (Lipinski definition) is 0. The van der Waals surface area contributed by atoms with Gasteiger partial charge < -0.3 is 0 Å². The predicted molar refractivity (Wildman–Crippen MR) is 99.7 cm³/mol. The lowest BCUT2D eigenvalue weighted by Gasteiger charge is -2.06. The number of amidine groups is 1. The number of amides is 1. The van der Waals surface area contributed by atoms with E-state index >= 15 is 0 Å². The van der Waals surface area contributed by atoms with Crippen LogP contribution < -0.4 is 0 Å². The molecule has 2 aromatic carbocycles. The number of aryl methyl sites for hydroxylation is 1. The molecule has 0 aromatic heterocycles. The lowest BCUT2D eigenvalue weighted by atomic mass is 10.1. The van der Waals surface area contributed by atoms with E-state index in [-0.39, 0.29) is 17.4 Å². The number of benzene rings is 2. The number of thioether (sulfide) groups is 1. The number of carbonyl (C=O) groups excluding carboxylic acids is 1. The van der Waals surface area contributed by atoms with Crippen LogP contribution in [0.1, 0.15) is 11.1 Å². The highest BCUT2D eigenvalue weighted by Gasteiger charge is 2.30. The third kappa shape index (κ3) is 3.65. The van der Waals surface area contributed by atoms with Gasteiger partial charge in [-0.2, -0.15) is 0 Å². The molecule has 1 aliphatic heterocycles. The van der Waals surface area contributed by atoms with Gasteiger partial charge in [0.2, 0.25) is 0 Å². The maximum atomic E-state index is 13.0. The van der Waals surface area contributed by atoms with E-state index < -0.39 is 4.92 Å². The van der Waals surface area contributed by atoms with Crippen molar-refractivity contribution >= 4 is 40.3 Å². The van der Waals surface area contributed by atoms with Crippen LogP contribution in [0, 0.1) is 22.9 Å². The van der Waals surface area contributed by atoms with Gasteiger partial charge in [0.25, 0.3) is 11.6 Å². The molecule has 1 fully saturated rings. The molecule has 6 nitrogen and oxygen atoms in total. The SMILES string of the molecule is Cc1ccc(/C=C2/SC(=Nc3ccc(F)cc3)N(C)C2=O)cc1[N+](=O)[O-]. The van der Waals surface area contributed by atoms with E-state index in [0.29, 0.717) is 26.9 Å². The summed E-state index contributed by atoms with van der Waals surface area (Å²) in [6, 6.07) is 10.4. The Kier molecular flexibility index (Phi) is 4.85. The first kappa shape index (κ1) is 17.8. The summed E-state index contributed by atoms with van der Waals surface area (Å²) in [7, 11) is 1.59. The van der Waals surface area contributed by atoms with Gasteiger partial charge in [0.1, 0.15) is 5.82 Å². The highest BCUT2D eigenvalue weighted by atomic mass is 32.2. The highest BCUT2D eigenvalue weighted by molar-refractivity contribution is 8.18. The van der Waals surface area contributed by atoms with Crippen molar-refractivity contribution in [2.24, 2.45) is 4.99 Å². The second-order valence-electron chi connectivity index (χ2n) is 5.65. The molecule has 0 radical (unpaired) electrons. The average molecular weight is 371 g/mol. The number of carbonyl (C=O) groups is 1. The summed E-state index contributed by atoms with van der Waals surface area (Å²) >= 11 is 1.16. The molecule has 0 saturated carbocycles. The summed E-state index contributed by atoms with van der Waals surface area (Å²) < 4.78 is 13.0. The van der Waals surface area contributed by atoms with E-state index in [1.165, 1.54) is 35.2 Å². The minimum atomic E-state index is -0.450. The molecule has 0 N–H and O–H groups in total. The van der Waals surface area contributed by atoms with Gasteiger partial charge in [-0.15, -0.1) is 0 Å². The molecule has 3 rings (SSSR count). The van der Waals surface area contributed by atoms with Crippen LogP contribution in [0.15, 0.2) is 52.4 Å². The van der Waals surface area contributed by atoms with Crippen LogP contribution in [0.3, 0.4) is 0 Å². The molecule has 1 saturated heterocycles. The van der Waals surface area contributed by atoms with Gasteiger partial charge in [0.15, 0.2) is 5.17 Å². The number of nitro benzene ring substituents is 1. The van der Waals surface area contributed by atoms with Crippen molar-refractivity contribution < 1.29 is 14.1 Å². The molecule has 0 bridgehead atoms. The lowest BCUT2D eigenvalue weighted by molar-refractivity contribution is -0.385. The van der Waals surface area contributed by atoms with Crippen molar-refractivity contribution in [1.82, 2.24) is 4.90 Å². The minimum Gasteiger partial charge on any atom is -0.290 e. The van der Waals surface area contributed by atoms with Gasteiger partial charge in [-0.25, -0.2) is 9.38 Å². The molecule has 0 atom stereocenters. The van der Waals surface area contributed by atoms with E-state index in [2.05, 4.69) is 4.99 Å². The number of aliphatic imine (C=N–C) groups is 1. The molecule has 0 spiro atoms. The standard InChI is InChI=1S/C18H14FN3O3S/c1-11-3-4-12(9-15(11)22(24)25)10-16-17(23)21(2)18(26-16)20-14-7-5-13(19)6-8-14/h3-10H,1-2H3/b16-10+,20-18?. The van der Waals surface area contributed by atoms with Crippen LogP contribution in [0.4, 0.5) is 15.8 Å². The van der Waals surface area contributed by atoms with Crippen molar-refractivity contribution in [3.63, 3.8) is 0 Å². The Bertz CT molecular complexity index is 955. The summed E-state index contributed by atoms with van der Waals surface area (Å²) in [6.45, 7) is 1.66. The fourth-order valence-electron chi connectivity index (χ4n) is 2.34. The van der Waals surface area contributed by atoms with Crippen molar-refractivity contribution in [1.29, 1.82) is 0 Å². The summed E-state index contributed by atoms with van der Waals surface area (Å²) in [5, 5.41) is 11.5. The topological polar surface area (TPSA) is 75.8 Å². The molecule has 1 aliphatic rings. The number of likely N-dealkylation sites (N-methyl/N-ethyl adjacent to an activating group) is 1. The molecule has 1 heterocycles. The van der Waals surface area contributed by atoms with Gasteiger partial charge in [-0.1, -0.05) is 12.1 Å². The van der Waals surface area contributed by atoms with E-state index in [1.54, 1.807) is 32.2 Å². The Morgan fingerprint density at radius 1 is 1.23 bits per heavy atom. The number of hydrogen-bond acceptors (Lipinski definition) is 5. The van der Waals surface area contributed by atoms with Gasteiger partial charge in [0, 0.05) is 18.7 Å². The Morgan fingerprint density at radius 3 is 2.58 bits per heavy atom. The van der Waals surface area contributed by atoms with Gasteiger partial charge in [0.05, 0.1) is 15.5 Å². The van der Waals surface area contributed by atoms with Crippen LogP contribution in [0.2, 0.25) is 0 Å². The number of halogens is 1. The van der Waals surface area contributed by atoms with Gasteiger partial charge in [-0.05, 0) is 54.6 Å². The highest BCUT2D eigenvalue weighted by Crippen LogP contribution is 2.33. The molecule has 0 aliphatic carbocycles. The number of nitro groups is 1.